The van der Waals surface area contributed by atoms with Gasteiger partial charge in [-0.05, 0) is 394 Å². The standard InChI is InChI=1S/4C16H17N.4C15H15N/c1-9-5-6-14-13(7-9)8-15-16(14)11(3)10(2)12(4)17-15;1-9-5-6-13-8-15-16(14(13)7-9)11(3)10(2)12(4)17-15;1-9-6-5-7-13-14(9)8-15-16(13)11(3)10(2)12(4)17-15;1-9-6-5-7-13-8-14-16(15(9)13)11(3)10(2)12(4)17-14;1-9-4-5-13-12(6-9)7-14-15(13)11(3)10(2)8-16-14;1-9-4-5-12-7-14-15(13(12)6-9)11(3)10(2)8-16-14;1-9-5-4-6-12-13(9)7-14-15(12)11(3)10(2)8-16-14;1-9-5-4-6-12-7-13-15(14(9)12)11(3)10(2)8-16-13/h4*5-7H,8H2,1-4H3;4*4-6,8H,7H2,1-3H3. The third kappa shape index (κ3) is 16.7. The zero-order valence-corrected chi connectivity index (χ0v) is 83.4. The molecule has 24 rings (SSSR count). The van der Waals surface area contributed by atoms with Crippen LogP contribution in [0.25, 0.3) is 89.0 Å². The Labute approximate surface area is 785 Å². The minimum atomic E-state index is 0.992. The molecule has 8 aliphatic carbocycles. The van der Waals surface area contributed by atoms with Gasteiger partial charge in [0.05, 0.1) is 45.6 Å². The number of aromatic nitrogens is 8. The molecule has 8 nitrogen and oxygen atoms in total. The van der Waals surface area contributed by atoms with Gasteiger partial charge in [-0.15, -0.1) is 0 Å². The van der Waals surface area contributed by atoms with Crippen LogP contribution in [0.15, 0.2) is 170 Å². The lowest BCUT2D eigenvalue weighted by Gasteiger charge is -2.12. The molecular weight excluding hydrogens is 1600 g/mol. The first-order chi connectivity index (χ1) is 63.0. The SMILES string of the molecule is Cc1ccc2c(c1)-c1c(nc(C)c(C)c1C)C2.Cc1ccc2c(c1)-c1c(ncc(C)c1C)C2.Cc1ccc2c(c1)Cc1nc(C)c(C)c(C)c1-2.Cc1ccc2c(c1)Cc1ncc(C)c(C)c1-2.Cc1cccc2c1-c1c(nc(C)c(C)c1C)C2.Cc1cccc2c1Cc1nc(C)c(C)c(C)c1-2.Cc1cnc2c(c1C)-c1c(C)cccc1C2.Cc1cnc2c(c1C)-c1cccc(C)c1C2. The van der Waals surface area contributed by atoms with Gasteiger partial charge < -0.3 is 0 Å². The smallest absolute Gasteiger partial charge is 0.0532 e. The Bertz CT molecular complexity index is 7430. The molecule has 0 bridgehead atoms. The van der Waals surface area contributed by atoms with E-state index in [1.165, 1.54) is 335 Å². The van der Waals surface area contributed by atoms with Gasteiger partial charge in [0.25, 0.3) is 0 Å². The zero-order valence-electron chi connectivity index (χ0n) is 83.4. The lowest BCUT2D eigenvalue weighted by molar-refractivity contribution is 1.03. The van der Waals surface area contributed by atoms with E-state index in [1.54, 1.807) is 0 Å². The second kappa shape index (κ2) is 36.3. The molecule has 132 heavy (non-hydrogen) atoms. The van der Waals surface area contributed by atoms with Crippen LogP contribution >= 0.6 is 0 Å². The Morgan fingerprint density at radius 3 is 0.848 bits per heavy atom. The van der Waals surface area contributed by atoms with Crippen LogP contribution < -0.4 is 0 Å². The minimum Gasteiger partial charge on any atom is -0.260 e. The van der Waals surface area contributed by atoms with E-state index in [4.69, 9.17) is 19.9 Å². The number of fused-ring (bicyclic) bond motifs is 24. The van der Waals surface area contributed by atoms with E-state index in [9.17, 15) is 0 Å². The van der Waals surface area contributed by atoms with Crippen molar-refractivity contribution in [2.24, 2.45) is 0 Å². The normalized spacial score (nSPS) is 12.5. The van der Waals surface area contributed by atoms with Crippen molar-refractivity contribution in [2.45, 2.75) is 245 Å². The van der Waals surface area contributed by atoms with Crippen molar-refractivity contribution in [3.05, 3.63) is 417 Å². The van der Waals surface area contributed by atoms with Gasteiger partial charge in [-0.2, -0.15) is 0 Å². The summed E-state index contributed by atoms with van der Waals surface area (Å²) < 4.78 is 0. The van der Waals surface area contributed by atoms with Gasteiger partial charge in [0.2, 0.25) is 0 Å². The fraction of sp³-hybridized carbons (Fsp3) is 0.290. The molecule has 0 aliphatic heterocycles. The second-order valence-corrected chi connectivity index (χ2v) is 39.1. The van der Waals surface area contributed by atoms with Crippen molar-refractivity contribution in [1.29, 1.82) is 0 Å². The van der Waals surface area contributed by atoms with Crippen LogP contribution in [0.1, 0.15) is 246 Å². The summed E-state index contributed by atoms with van der Waals surface area (Å²) in [5, 5.41) is 0. The Kier molecular flexibility index (Phi) is 25.0. The Morgan fingerprint density at radius 1 is 0.167 bits per heavy atom. The molecule has 664 valence electrons. The number of nitrogens with zero attached hydrogens (tertiary/aromatic N) is 8. The lowest BCUT2D eigenvalue weighted by Crippen LogP contribution is -1.98. The molecule has 0 unspecified atom stereocenters. The van der Waals surface area contributed by atoms with Gasteiger partial charge in [-0.3, -0.25) is 39.9 Å². The van der Waals surface area contributed by atoms with Crippen LogP contribution in [-0.4, -0.2) is 39.9 Å². The third-order valence-electron chi connectivity index (χ3n) is 30.5. The number of benzene rings is 8. The van der Waals surface area contributed by atoms with E-state index in [1.807, 2.05) is 24.8 Å². The fourth-order valence-corrected chi connectivity index (χ4v) is 21.5. The molecular formula is C124H128N8. The van der Waals surface area contributed by atoms with E-state index < -0.39 is 0 Å². The summed E-state index contributed by atoms with van der Waals surface area (Å²) in [4.78, 5) is 37.3. The quantitative estimate of drug-likeness (QED) is 0.148. The average molecular weight is 1730 g/mol. The van der Waals surface area contributed by atoms with Gasteiger partial charge in [-0.1, -0.05) is 168 Å². The summed E-state index contributed by atoms with van der Waals surface area (Å²) in [7, 11) is 0. The number of hydrogen-bond donors (Lipinski definition) is 0. The van der Waals surface area contributed by atoms with Gasteiger partial charge in [0, 0.05) is 143 Å². The first-order valence-corrected chi connectivity index (χ1v) is 47.5. The van der Waals surface area contributed by atoms with E-state index >= 15 is 0 Å². The molecule has 8 heterocycles. The molecule has 0 amide bonds. The predicted octanol–water partition coefficient (Wildman–Crippen LogP) is 29.9. The molecule has 0 spiro atoms. The van der Waals surface area contributed by atoms with Gasteiger partial charge in [0.15, 0.2) is 0 Å². The molecule has 8 aromatic heterocycles. The lowest BCUT2D eigenvalue weighted by atomic mass is 9.95. The molecule has 0 atom stereocenters. The number of rotatable bonds is 0. The summed E-state index contributed by atoms with van der Waals surface area (Å²) in [6.45, 7) is 60.7. The van der Waals surface area contributed by atoms with Crippen molar-refractivity contribution in [3.8, 4) is 89.0 Å². The number of pyridine rings is 8. The molecule has 8 aliphatic rings. The maximum absolute atomic E-state index is 4.77. The van der Waals surface area contributed by atoms with Crippen LogP contribution in [-0.2, 0) is 51.4 Å². The molecule has 8 aromatic carbocycles. The molecule has 0 fully saturated rings. The van der Waals surface area contributed by atoms with Gasteiger partial charge >= 0.3 is 0 Å². The topological polar surface area (TPSA) is 103 Å². The third-order valence-corrected chi connectivity index (χ3v) is 30.5. The van der Waals surface area contributed by atoms with Crippen molar-refractivity contribution in [3.63, 3.8) is 0 Å². The Hall–Kier alpha value is -13.0. The molecule has 0 saturated carbocycles. The number of hydrogen-bond acceptors (Lipinski definition) is 8. The predicted molar refractivity (Wildman–Crippen MR) is 552 cm³/mol. The second-order valence-electron chi connectivity index (χ2n) is 39.1. The Morgan fingerprint density at radius 2 is 0.424 bits per heavy atom. The molecule has 0 radical (unpaired) electrons. The zero-order chi connectivity index (χ0) is 93.8. The maximum Gasteiger partial charge on any atom is 0.0532 e. The van der Waals surface area contributed by atoms with E-state index in [-0.39, 0.29) is 0 Å². The molecule has 0 N–H and O–H groups in total. The largest absolute Gasteiger partial charge is 0.260 e. The molecule has 8 heteroatoms. The summed E-state index contributed by atoms with van der Waals surface area (Å²) >= 11 is 0. The van der Waals surface area contributed by atoms with E-state index in [0.29, 0.717) is 0 Å². The van der Waals surface area contributed by atoms with Gasteiger partial charge in [-0.25, -0.2) is 0 Å². The van der Waals surface area contributed by atoms with Gasteiger partial charge in [0.1, 0.15) is 0 Å². The monoisotopic (exact) mass is 1730 g/mol. The highest BCUT2D eigenvalue weighted by atomic mass is 14.8. The van der Waals surface area contributed by atoms with Crippen LogP contribution in [0.3, 0.4) is 0 Å². The average Bonchev–Trinajstić information content (AvgIpc) is 1.60. The van der Waals surface area contributed by atoms with Crippen LogP contribution in [0, 0.1) is 194 Å². The fourth-order valence-electron chi connectivity index (χ4n) is 21.5. The first kappa shape index (κ1) is 90.9. The Balaban J connectivity index is 0.000000105. The van der Waals surface area contributed by atoms with Crippen molar-refractivity contribution >= 4 is 0 Å². The summed E-state index contributed by atoms with van der Waals surface area (Å²) in [6, 6.07) is 53.2. The van der Waals surface area contributed by atoms with Crippen LogP contribution in [0.5, 0.6) is 0 Å². The highest BCUT2D eigenvalue weighted by Gasteiger charge is 2.32. The highest BCUT2D eigenvalue weighted by Crippen LogP contribution is 2.49. The summed E-state index contributed by atoms with van der Waals surface area (Å²) in [6.07, 6.45) is 15.9. The summed E-state index contributed by atoms with van der Waals surface area (Å²) in [5.41, 5.74) is 80.8. The first-order valence-electron chi connectivity index (χ1n) is 47.5. The van der Waals surface area contributed by atoms with Crippen LogP contribution in [0.2, 0.25) is 0 Å². The highest BCUT2D eigenvalue weighted by molar-refractivity contribution is 5.87. The van der Waals surface area contributed by atoms with E-state index in [0.717, 1.165) is 51.4 Å². The summed E-state index contributed by atoms with van der Waals surface area (Å²) in [5.74, 6) is 0. The molecule has 16 aromatic rings. The van der Waals surface area contributed by atoms with Crippen molar-refractivity contribution in [2.75, 3.05) is 0 Å². The van der Waals surface area contributed by atoms with Crippen molar-refractivity contribution < 1.29 is 0 Å². The maximum atomic E-state index is 4.77. The van der Waals surface area contributed by atoms with Crippen LogP contribution in [0.4, 0.5) is 0 Å². The van der Waals surface area contributed by atoms with Crippen molar-refractivity contribution in [1.82, 2.24) is 39.9 Å². The molecule has 0 saturated heterocycles. The minimum absolute atomic E-state index is 0.992. The number of aryl methyl sites for hydroxylation is 16. The van der Waals surface area contributed by atoms with E-state index in [2.05, 4.69) is 359 Å².